The smallest absolute Gasteiger partial charge is 0.243 e. The average Bonchev–Trinajstić information content (AvgIpc) is 3.09. The highest BCUT2D eigenvalue weighted by molar-refractivity contribution is 7.89. The number of hydrogen-bond acceptors (Lipinski definition) is 4. The second-order valence-electron chi connectivity index (χ2n) is 5.59. The minimum Gasteiger partial charge on any atom is -0.361 e. The minimum absolute atomic E-state index is 0.0115. The summed E-state index contributed by atoms with van der Waals surface area (Å²) in [5.41, 5.74) is 1.49. The van der Waals surface area contributed by atoms with Gasteiger partial charge in [-0.25, -0.2) is 12.8 Å². The third-order valence-corrected chi connectivity index (χ3v) is 6.32. The van der Waals surface area contributed by atoms with Gasteiger partial charge < -0.3 is 4.52 Å². The summed E-state index contributed by atoms with van der Waals surface area (Å²) < 4.78 is 45.7. The number of benzene rings is 1. The molecule has 1 aromatic carbocycles. The van der Waals surface area contributed by atoms with E-state index in [1.165, 1.54) is 10.4 Å². The first-order valence-corrected chi connectivity index (χ1v) is 9.04. The van der Waals surface area contributed by atoms with Gasteiger partial charge >= 0.3 is 0 Å². The number of sulfonamides is 1. The summed E-state index contributed by atoms with van der Waals surface area (Å²) in [5, 5.41) is 3.70. The van der Waals surface area contributed by atoms with E-state index in [1.807, 2.05) is 0 Å². The van der Waals surface area contributed by atoms with Gasteiger partial charge in [-0.05, 0) is 44.9 Å². The van der Waals surface area contributed by atoms with Crippen LogP contribution in [0.4, 0.5) is 4.39 Å². The first kappa shape index (κ1) is 16.4. The Morgan fingerprint density at radius 1 is 1.39 bits per heavy atom. The van der Waals surface area contributed by atoms with Crippen LogP contribution in [0, 0.1) is 19.7 Å². The lowest BCUT2D eigenvalue weighted by Gasteiger charge is -2.24. The molecule has 23 heavy (non-hydrogen) atoms. The maximum Gasteiger partial charge on any atom is 0.243 e. The number of aromatic nitrogens is 1. The Morgan fingerprint density at radius 2 is 2.13 bits per heavy atom. The van der Waals surface area contributed by atoms with Crippen molar-refractivity contribution in [1.29, 1.82) is 0 Å². The van der Waals surface area contributed by atoms with Crippen LogP contribution >= 0.6 is 11.6 Å². The van der Waals surface area contributed by atoms with Crippen molar-refractivity contribution >= 4 is 21.6 Å². The van der Waals surface area contributed by atoms with Crippen molar-refractivity contribution in [2.45, 2.75) is 37.6 Å². The molecule has 5 nitrogen and oxygen atoms in total. The summed E-state index contributed by atoms with van der Waals surface area (Å²) in [4.78, 5) is -0.0115. The molecule has 124 valence electrons. The van der Waals surface area contributed by atoms with E-state index in [9.17, 15) is 12.8 Å². The van der Waals surface area contributed by atoms with Crippen LogP contribution in [0.5, 0.6) is 0 Å². The third kappa shape index (κ3) is 2.77. The molecule has 8 heteroatoms. The highest BCUT2D eigenvalue weighted by Crippen LogP contribution is 2.39. The molecule has 0 aliphatic carbocycles. The number of hydrogen-bond donors (Lipinski definition) is 0. The van der Waals surface area contributed by atoms with Crippen LogP contribution in [0.3, 0.4) is 0 Å². The summed E-state index contributed by atoms with van der Waals surface area (Å²) >= 11 is 5.73. The largest absolute Gasteiger partial charge is 0.361 e. The second-order valence-corrected chi connectivity index (χ2v) is 7.89. The van der Waals surface area contributed by atoms with Gasteiger partial charge in [0.25, 0.3) is 0 Å². The van der Waals surface area contributed by atoms with Gasteiger partial charge in [0.15, 0.2) is 0 Å². The Bertz CT molecular complexity index is 831. The molecule has 0 saturated carbocycles. The van der Waals surface area contributed by atoms with Crippen molar-refractivity contribution in [3.63, 3.8) is 0 Å². The molecule has 0 spiro atoms. The molecule has 1 fully saturated rings. The molecule has 1 atom stereocenters. The fourth-order valence-electron chi connectivity index (χ4n) is 3.05. The van der Waals surface area contributed by atoms with Crippen LogP contribution in [-0.2, 0) is 10.0 Å². The fourth-order valence-corrected chi connectivity index (χ4v) is 4.99. The fraction of sp³-hybridized carbons (Fsp3) is 0.400. The van der Waals surface area contributed by atoms with E-state index < -0.39 is 15.8 Å². The molecule has 0 N–H and O–H groups in total. The summed E-state index contributed by atoms with van der Waals surface area (Å²) in [6.07, 6.45) is 1.43. The zero-order valence-electron chi connectivity index (χ0n) is 12.7. The van der Waals surface area contributed by atoms with Crippen LogP contribution < -0.4 is 0 Å². The van der Waals surface area contributed by atoms with Crippen LogP contribution in [0.15, 0.2) is 27.6 Å². The lowest BCUT2D eigenvalue weighted by molar-refractivity contribution is 0.376. The van der Waals surface area contributed by atoms with Gasteiger partial charge in [-0.3, -0.25) is 0 Å². The highest BCUT2D eigenvalue weighted by atomic mass is 35.5. The van der Waals surface area contributed by atoms with Crippen molar-refractivity contribution in [2.75, 3.05) is 6.54 Å². The van der Waals surface area contributed by atoms with Gasteiger partial charge in [0.1, 0.15) is 11.6 Å². The standard InChI is InChI=1S/C15H16ClFN2O3S/c1-9-15(10(2)22-18-9)14-4-3-7-19(14)23(20,21)11-5-6-13(17)12(16)8-11/h5-6,8,14H,3-4,7H2,1-2H3. The maximum absolute atomic E-state index is 13.3. The van der Waals surface area contributed by atoms with Crippen molar-refractivity contribution in [3.05, 3.63) is 46.1 Å². The van der Waals surface area contributed by atoms with E-state index in [2.05, 4.69) is 5.16 Å². The molecule has 1 unspecified atom stereocenters. The van der Waals surface area contributed by atoms with E-state index in [1.54, 1.807) is 13.8 Å². The molecule has 2 aromatic rings. The molecule has 0 amide bonds. The molecule has 0 radical (unpaired) electrons. The summed E-state index contributed by atoms with van der Waals surface area (Å²) in [6.45, 7) is 3.96. The Labute approximate surface area is 139 Å². The van der Waals surface area contributed by atoms with Crippen LogP contribution in [-0.4, -0.2) is 24.4 Å². The normalized spacial score (nSPS) is 19.4. The Morgan fingerprint density at radius 3 is 2.74 bits per heavy atom. The number of nitrogens with zero attached hydrogens (tertiary/aromatic N) is 2. The predicted octanol–water partition coefficient (Wildman–Crippen LogP) is 3.61. The first-order chi connectivity index (χ1) is 10.8. The topological polar surface area (TPSA) is 63.4 Å². The monoisotopic (exact) mass is 358 g/mol. The van der Waals surface area contributed by atoms with Crippen LogP contribution in [0.2, 0.25) is 5.02 Å². The van der Waals surface area contributed by atoms with E-state index >= 15 is 0 Å². The first-order valence-electron chi connectivity index (χ1n) is 7.22. The zero-order chi connectivity index (χ0) is 16.8. The lowest BCUT2D eigenvalue weighted by atomic mass is 10.0. The van der Waals surface area contributed by atoms with Crippen LogP contribution in [0.25, 0.3) is 0 Å². The van der Waals surface area contributed by atoms with Crippen molar-refractivity contribution < 1.29 is 17.3 Å². The Hall–Kier alpha value is -1.44. The van der Waals surface area contributed by atoms with Crippen molar-refractivity contribution in [3.8, 4) is 0 Å². The number of halogens is 2. The van der Waals surface area contributed by atoms with Gasteiger partial charge in [-0.1, -0.05) is 16.8 Å². The third-order valence-electron chi connectivity index (χ3n) is 4.12. The van der Waals surface area contributed by atoms with Gasteiger partial charge in [0, 0.05) is 12.1 Å². The molecule has 3 rings (SSSR count). The van der Waals surface area contributed by atoms with E-state index in [-0.39, 0.29) is 16.0 Å². The Balaban J connectivity index is 2.03. The van der Waals surface area contributed by atoms with E-state index in [4.69, 9.17) is 16.1 Å². The summed E-state index contributed by atoms with van der Waals surface area (Å²) in [6, 6.07) is 3.12. The molecule has 1 aliphatic heterocycles. The molecule has 1 aromatic heterocycles. The van der Waals surface area contributed by atoms with Gasteiger partial charge in [0.2, 0.25) is 10.0 Å². The molecule has 1 saturated heterocycles. The maximum atomic E-state index is 13.3. The molecule has 0 bridgehead atoms. The van der Waals surface area contributed by atoms with Crippen LogP contribution in [0.1, 0.15) is 35.9 Å². The van der Waals surface area contributed by atoms with E-state index in [0.29, 0.717) is 24.4 Å². The predicted molar refractivity (Wildman–Crippen MR) is 83.3 cm³/mol. The number of aryl methyl sites for hydroxylation is 2. The average molecular weight is 359 g/mol. The Kier molecular flexibility index (Phi) is 4.20. The molecular formula is C15H16ClFN2O3S. The number of rotatable bonds is 3. The zero-order valence-corrected chi connectivity index (χ0v) is 14.3. The van der Waals surface area contributed by atoms with Crippen molar-refractivity contribution in [1.82, 2.24) is 9.46 Å². The summed E-state index contributed by atoms with van der Waals surface area (Å²) in [5.74, 6) is -0.0268. The molecular weight excluding hydrogens is 343 g/mol. The van der Waals surface area contributed by atoms with Gasteiger partial charge in [0.05, 0.1) is 21.7 Å². The van der Waals surface area contributed by atoms with Crippen molar-refractivity contribution in [2.24, 2.45) is 0 Å². The van der Waals surface area contributed by atoms with Gasteiger partial charge in [-0.15, -0.1) is 0 Å². The molecule has 1 aliphatic rings. The SMILES string of the molecule is Cc1noc(C)c1C1CCCN1S(=O)(=O)c1ccc(F)c(Cl)c1. The highest BCUT2D eigenvalue weighted by Gasteiger charge is 2.39. The van der Waals surface area contributed by atoms with E-state index in [0.717, 1.165) is 24.1 Å². The second kappa shape index (κ2) is 5.89. The minimum atomic E-state index is -3.77. The summed E-state index contributed by atoms with van der Waals surface area (Å²) in [7, 11) is -3.77. The quantitative estimate of drug-likeness (QED) is 0.840. The van der Waals surface area contributed by atoms with Gasteiger partial charge in [-0.2, -0.15) is 4.31 Å². The lowest BCUT2D eigenvalue weighted by Crippen LogP contribution is -2.31. The molecule has 2 heterocycles.